The van der Waals surface area contributed by atoms with Gasteiger partial charge in [-0.1, -0.05) is 28.1 Å². The van der Waals surface area contributed by atoms with Gasteiger partial charge in [0.05, 0.1) is 17.5 Å². The van der Waals surface area contributed by atoms with Crippen LogP contribution in [0.25, 0.3) is 28.2 Å². The molecule has 4 nitrogen and oxygen atoms in total. The van der Waals surface area contributed by atoms with E-state index in [0.717, 1.165) is 15.1 Å². The number of rotatable bonds is 4. The van der Waals surface area contributed by atoms with Gasteiger partial charge in [0.2, 0.25) is 0 Å². The van der Waals surface area contributed by atoms with Crippen molar-refractivity contribution in [3.05, 3.63) is 70.8 Å². The van der Waals surface area contributed by atoms with Crippen molar-refractivity contribution in [2.75, 3.05) is 0 Å². The summed E-state index contributed by atoms with van der Waals surface area (Å²) in [7, 11) is 0. The molecular weight excluding hydrogens is 459 g/mol. The fraction of sp³-hybridized carbons (Fsp3) is 0.182. The maximum atomic E-state index is 13.8. The van der Waals surface area contributed by atoms with Crippen molar-refractivity contribution in [3.63, 3.8) is 0 Å². The molecule has 0 saturated heterocycles. The van der Waals surface area contributed by atoms with Crippen LogP contribution in [0, 0.1) is 0 Å². The lowest BCUT2D eigenvalue weighted by Gasteiger charge is -2.12. The molecule has 4 rings (SSSR count). The monoisotopic (exact) mass is 475 g/mol. The van der Waals surface area contributed by atoms with Crippen molar-refractivity contribution in [1.29, 1.82) is 0 Å². The molecule has 0 unspecified atom stereocenters. The zero-order chi connectivity index (χ0) is 21.5. The van der Waals surface area contributed by atoms with Crippen LogP contribution < -0.4 is 4.74 Å². The zero-order valence-electron chi connectivity index (χ0n) is 16.1. The molecule has 154 valence electrons. The Labute approximate surface area is 179 Å². The molecule has 30 heavy (non-hydrogen) atoms. The highest BCUT2D eigenvalue weighted by Gasteiger charge is 2.35. The minimum atomic E-state index is -4.58. The first kappa shape index (κ1) is 20.4. The lowest BCUT2D eigenvalue weighted by Crippen LogP contribution is -2.13. The quantitative estimate of drug-likeness (QED) is 0.332. The van der Waals surface area contributed by atoms with Gasteiger partial charge in [-0.05, 0) is 56.3 Å². The molecule has 0 fully saturated rings. The highest BCUT2D eigenvalue weighted by atomic mass is 79.9. The topological polar surface area (TPSA) is 39.4 Å². The van der Waals surface area contributed by atoms with Crippen molar-refractivity contribution >= 4 is 21.6 Å². The highest BCUT2D eigenvalue weighted by Crippen LogP contribution is 2.34. The second kappa shape index (κ2) is 7.75. The van der Waals surface area contributed by atoms with E-state index < -0.39 is 11.9 Å². The predicted molar refractivity (Wildman–Crippen MR) is 112 cm³/mol. The summed E-state index contributed by atoms with van der Waals surface area (Å²) in [5.41, 5.74) is 1.14. The summed E-state index contributed by atoms with van der Waals surface area (Å²) in [6.07, 6.45) is -4.58. The van der Waals surface area contributed by atoms with Crippen molar-refractivity contribution < 1.29 is 17.9 Å². The fourth-order valence-corrected chi connectivity index (χ4v) is 3.33. The lowest BCUT2D eigenvalue weighted by atomic mass is 10.1. The van der Waals surface area contributed by atoms with E-state index in [0.29, 0.717) is 22.6 Å². The molecule has 0 atom stereocenters. The van der Waals surface area contributed by atoms with Crippen LogP contribution in [-0.2, 0) is 6.18 Å². The van der Waals surface area contributed by atoms with Crippen LogP contribution in [0.4, 0.5) is 13.2 Å². The van der Waals surface area contributed by atoms with Gasteiger partial charge in [0.15, 0.2) is 11.3 Å². The first-order valence-corrected chi connectivity index (χ1v) is 10.0. The first-order valence-electron chi connectivity index (χ1n) is 9.22. The third-order valence-electron chi connectivity index (χ3n) is 4.38. The van der Waals surface area contributed by atoms with E-state index in [2.05, 4.69) is 26.0 Å². The number of halogens is 4. The van der Waals surface area contributed by atoms with Crippen molar-refractivity contribution in [2.45, 2.75) is 26.1 Å². The molecule has 2 aromatic carbocycles. The number of aromatic nitrogens is 3. The average molecular weight is 476 g/mol. The molecule has 0 N–H and O–H groups in total. The minimum absolute atomic E-state index is 0.00554. The molecule has 0 bridgehead atoms. The highest BCUT2D eigenvalue weighted by molar-refractivity contribution is 9.10. The van der Waals surface area contributed by atoms with E-state index in [1.54, 1.807) is 42.5 Å². The van der Waals surface area contributed by atoms with Gasteiger partial charge in [0, 0.05) is 21.7 Å². The fourth-order valence-electron chi connectivity index (χ4n) is 3.06. The normalized spacial score (nSPS) is 12.0. The zero-order valence-corrected chi connectivity index (χ0v) is 17.7. The van der Waals surface area contributed by atoms with Crippen LogP contribution >= 0.6 is 15.9 Å². The Hall–Kier alpha value is -2.87. The molecule has 0 aliphatic carbocycles. The molecule has 0 radical (unpaired) electrons. The smallest absolute Gasteiger partial charge is 0.433 e. The molecule has 4 aromatic rings. The summed E-state index contributed by atoms with van der Waals surface area (Å²) in [4.78, 5) is 4.42. The van der Waals surface area contributed by atoms with Gasteiger partial charge in [-0.2, -0.15) is 18.3 Å². The van der Waals surface area contributed by atoms with Crippen LogP contribution in [0.1, 0.15) is 19.5 Å². The van der Waals surface area contributed by atoms with Gasteiger partial charge in [0.25, 0.3) is 0 Å². The van der Waals surface area contributed by atoms with Crippen LogP contribution in [-0.4, -0.2) is 20.7 Å². The minimum Gasteiger partial charge on any atom is -0.491 e. The van der Waals surface area contributed by atoms with E-state index in [-0.39, 0.29) is 17.4 Å². The summed E-state index contributed by atoms with van der Waals surface area (Å²) in [5, 5.41) is 4.16. The number of fused-ring (bicyclic) bond motifs is 1. The average Bonchev–Trinajstić information content (AvgIpc) is 3.11. The summed E-state index contributed by atoms with van der Waals surface area (Å²) in [6.45, 7) is 3.81. The molecule has 0 aliphatic heterocycles. The standard InChI is InChI=1S/C22H17BrF3N3O/c1-13(2)30-17-9-5-14(6-10-17)18-11-20(22(24,25)26)29-21(27-18)12-19(28-29)15-3-7-16(23)8-4-15/h3-13H,1-2H3. The Balaban J connectivity index is 1.82. The number of hydrogen-bond donors (Lipinski definition) is 0. The predicted octanol–water partition coefficient (Wildman–Crippen LogP) is 6.63. The number of benzene rings is 2. The Morgan fingerprint density at radius 3 is 2.10 bits per heavy atom. The summed E-state index contributed by atoms with van der Waals surface area (Å²) >= 11 is 3.35. The third kappa shape index (κ3) is 4.18. The van der Waals surface area contributed by atoms with Crippen LogP contribution in [0.15, 0.2) is 65.1 Å². The van der Waals surface area contributed by atoms with Gasteiger partial charge in [-0.25, -0.2) is 9.50 Å². The van der Waals surface area contributed by atoms with Gasteiger partial charge in [0.1, 0.15) is 5.75 Å². The van der Waals surface area contributed by atoms with Crippen molar-refractivity contribution in [1.82, 2.24) is 14.6 Å². The summed E-state index contributed by atoms with van der Waals surface area (Å²) < 4.78 is 48.6. The maximum absolute atomic E-state index is 13.8. The van der Waals surface area contributed by atoms with Crippen LogP contribution in [0.2, 0.25) is 0 Å². The summed E-state index contributed by atoms with van der Waals surface area (Å²) in [5.74, 6) is 0.646. The molecule has 0 aliphatic rings. The van der Waals surface area contributed by atoms with Gasteiger partial charge >= 0.3 is 6.18 Å². The van der Waals surface area contributed by atoms with Crippen molar-refractivity contribution in [3.8, 4) is 28.3 Å². The second-order valence-corrected chi connectivity index (χ2v) is 7.94. The molecule has 0 amide bonds. The first-order chi connectivity index (χ1) is 14.2. The number of hydrogen-bond acceptors (Lipinski definition) is 3. The van der Waals surface area contributed by atoms with E-state index in [1.807, 2.05) is 26.0 Å². The third-order valence-corrected chi connectivity index (χ3v) is 4.91. The SMILES string of the molecule is CC(C)Oc1ccc(-c2cc(C(F)(F)F)n3nc(-c4ccc(Br)cc4)cc3n2)cc1. The second-order valence-electron chi connectivity index (χ2n) is 7.02. The molecule has 2 heterocycles. The van der Waals surface area contributed by atoms with E-state index >= 15 is 0 Å². The van der Waals surface area contributed by atoms with Crippen molar-refractivity contribution in [2.24, 2.45) is 0 Å². The Morgan fingerprint density at radius 1 is 0.900 bits per heavy atom. The molecular formula is C22H17BrF3N3O. The van der Waals surface area contributed by atoms with Gasteiger partial charge < -0.3 is 4.74 Å². The number of ether oxygens (including phenoxy) is 1. The lowest BCUT2D eigenvalue weighted by molar-refractivity contribution is -0.142. The van der Waals surface area contributed by atoms with E-state index in [4.69, 9.17) is 4.74 Å². The Morgan fingerprint density at radius 2 is 1.50 bits per heavy atom. The molecule has 8 heteroatoms. The molecule has 0 spiro atoms. The number of nitrogens with zero attached hydrogens (tertiary/aromatic N) is 3. The van der Waals surface area contributed by atoms with Crippen LogP contribution in [0.3, 0.4) is 0 Å². The maximum Gasteiger partial charge on any atom is 0.433 e. The van der Waals surface area contributed by atoms with Gasteiger partial charge in [-0.15, -0.1) is 0 Å². The number of alkyl halides is 3. The largest absolute Gasteiger partial charge is 0.491 e. The van der Waals surface area contributed by atoms with Gasteiger partial charge in [-0.3, -0.25) is 0 Å². The van der Waals surface area contributed by atoms with E-state index in [1.165, 1.54) is 0 Å². The van der Waals surface area contributed by atoms with Crippen LogP contribution in [0.5, 0.6) is 5.75 Å². The van der Waals surface area contributed by atoms with E-state index in [9.17, 15) is 13.2 Å². The Kier molecular flexibility index (Phi) is 5.27. The molecule has 2 aromatic heterocycles. The Bertz CT molecular complexity index is 1180. The summed E-state index contributed by atoms with van der Waals surface area (Å²) in [6, 6.07) is 16.6. The molecule has 0 saturated carbocycles.